The summed E-state index contributed by atoms with van der Waals surface area (Å²) in [4.78, 5) is 3.92. The van der Waals surface area contributed by atoms with E-state index in [2.05, 4.69) is 4.98 Å². The fourth-order valence-corrected chi connectivity index (χ4v) is 1.54. The average Bonchev–Trinajstić information content (AvgIpc) is 2.27. The Kier molecular flexibility index (Phi) is 3.44. The molecule has 1 aromatic heterocycles. The maximum atomic E-state index is 13.3. The molecule has 2 N–H and O–H groups in total. The number of rotatable bonds is 3. The van der Waals surface area contributed by atoms with Crippen LogP contribution in [0, 0.1) is 5.82 Å². The van der Waals surface area contributed by atoms with Gasteiger partial charge in [0.15, 0.2) is 0 Å². The minimum atomic E-state index is -0.317. The van der Waals surface area contributed by atoms with Crippen LogP contribution in [0.25, 0.3) is 0 Å². The van der Waals surface area contributed by atoms with Crippen molar-refractivity contribution in [3.63, 3.8) is 0 Å². The molecule has 0 spiro atoms. The number of ether oxygens (including phenoxy) is 1. The van der Waals surface area contributed by atoms with Gasteiger partial charge in [-0.3, -0.25) is 0 Å². The smallest absolute Gasteiger partial charge is 0.217 e. The molecule has 3 nitrogen and oxygen atoms in total. The van der Waals surface area contributed by atoms with Gasteiger partial charge in [-0.2, -0.15) is 0 Å². The Hall–Kier alpha value is -1.81. The second kappa shape index (κ2) is 5.01. The molecule has 0 radical (unpaired) electrons. The van der Waals surface area contributed by atoms with Crippen LogP contribution in [-0.4, -0.2) is 4.98 Å². The molecule has 17 heavy (non-hydrogen) atoms. The zero-order valence-electron chi connectivity index (χ0n) is 8.86. The molecule has 0 saturated heterocycles. The number of aromatic nitrogens is 1. The molecule has 1 aromatic carbocycles. The highest BCUT2D eigenvalue weighted by molar-refractivity contribution is 6.29. The van der Waals surface area contributed by atoms with E-state index in [1.165, 1.54) is 18.2 Å². The molecule has 0 saturated carbocycles. The summed E-state index contributed by atoms with van der Waals surface area (Å²) in [5.74, 6) is -0.0410. The van der Waals surface area contributed by atoms with Crippen LogP contribution in [0.5, 0.6) is 5.88 Å². The highest BCUT2D eigenvalue weighted by Gasteiger charge is 2.04. The molecule has 2 aromatic rings. The molecule has 0 bridgehead atoms. The number of pyridine rings is 1. The number of benzene rings is 1. The van der Waals surface area contributed by atoms with E-state index >= 15 is 0 Å². The zero-order valence-corrected chi connectivity index (χ0v) is 9.62. The predicted molar refractivity (Wildman–Crippen MR) is 64.4 cm³/mol. The normalized spacial score (nSPS) is 10.2. The van der Waals surface area contributed by atoms with Gasteiger partial charge in [-0.1, -0.05) is 29.8 Å². The molecular weight excluding hydrogens is 243 g/mol. The lowest BCUT2D eigenvalue weighted by atomic mass is 10.2. The first-order valence-corrected chi connectivity index (χ1v) is 5.32. The summed E-state index contributed by atoms with van der Waals surface area (Å²) in [7, 11) is 0. The van der Waals surface area contributed by atoms with Gasteiger partial charge in [0, 0.05) is 17.3 Å². The quantitative estimate of drug-likeness (QED) is 0.854. The van der Waals surface area contributed by atoms with Crippen molar-refractivity contribution >= 4 is 17.3 Å². The Balaban J connectivity index is 2.10. The molecule has 0 fully saturated rings. The topological polar surface area (TPSA) is 48.1 Å². The van der Waals surface area contributed by atoms with Crippen LogP contribution in [0.1, 0.15) is 5.56 Å². The molecular formula is C12H10ClFN2O. The van der Waals surface area contributed by atoms with E-state index in [-0.39, 0.29) is 23.5 Å². The van der Waals surface area contributed by atoms with Gasteiger partial charge in [0.25, 0.3) is 0 Å². The van der Waals surface area contributed by atoms with Gasteiger partial charge < -0.3 is 10.5 Å². The highest BCUT2D eigenvalue weighted by Crippen LogP contribution is 2.19. The van der Waals surface area contributed by atoms with Gasteiger partial charge in [-0.05, 0) is 12.1 Å². The number of anilines is 1. The summed E-state index contributed by atoms with van der Waals surface area (Å²) < 4.78 is 18.6. The largest absolute Gasteiger partial charge is 0.473 e. The Morgan fingerprint density at radius 2 is 2.06 bits per heavy atom. The standard InChI is InChI=1S/C12H10ClFN2O/c13-11-5-9(15)6-12(16-11)17-7-8-3-1-2-4-10(8)14/h1-6H,7H2,(H2,15,16). The Bertz CT molecular complexity index is 513. The predicted octanol–water partition coefficient (Wildman–Crippen LogP) is 3.04. The third kappa shape index (κ3) is 3.07. The van der Waals surface area contributed by atoms with Crippen molar-refractivity contribution in [3.05, 3.63) is 52.9 Å². The second-order valence-electron chi connectivity index (χ2n) is 3.44. The van der Waals surface area contributed by atoms with Gasteiger partial charge in [-0.25, -0.2) is 9.37 Å². The van der Waals surface area contributed by atoms with Crippen LogP contribution in [0.4, 0.5) is 10.1 Å². The highest BCUT2D eigenvalue weighted by atomic mass is 35.5. The first-order valence-electron chi connectivity index (χ1n) is 4.94. The van der Waals surface area contributed by atoms with E-state index in [0.717, 1.165) is 0 Å². The van der Waals surface area contributed by atoms with Gasteiger partial charge >= 0.3 is 0 Å². The summed E-state index contributed by atoms with van der Waals surface area (Å²) in [5, 5.41) is 0.244. The van der Waals surface area contributed by atoms with Gasteiger partial charge in [0.1, 0.15) is 17.6 Å². The summed E-state index contributed by atoms with van der Waals surface area (Å²) in [6.07, 6.45) is 0. The Morgan fingerprint density at radius 3 is 2.76 bits per heavy atom. The van der Waals surface area contributed by atoms with E-state index in [4.69, 9.17) is 22.1 Å². The molecule has 88 valence electrons. The van der Waals surface area contributed by atoms with Crippen LogP contribution in [-0.2, 0) is 6.61 Å². The van der Waals surface area contributed by atoms with E-state index in [1.807, 2.05) is 0 Å². The van der Waals surface area contributed by atoms with Gasteiger partial charge in [0.05, 0.1) is 0 Å². The number of hydrogen-bond donors (Lipinski definition) is 1. The van der Waals surface area contributed by atoms with Crippen molar-refractivity contribution in [2.45, 2.75) is 6.61 Å². The van der Waals surface area contributed by atoms with Gasteiger partial charge in [0.2, 0.25) is 5.88 Å². The summed E-state index contributed by atoms with van der Waals surface area (Å²) in [6.45, 7) is 0.0828. The van der Waals surface area contributed by atoms with Gasteiger partial charge in [-0.15, -0.1) is 0 Å². The van der Waals surface area contributed by atoms with Crippen molar-refractivity contribution in [1.29, 1.82) is 0 Å². The molecule has 0 atom stereocenters. The van der Waals surface area contributed by atoms with E-state index < -0.39 is 0 Å². The summed E-state index contributed by atoms with van der Waals surface area (Å²) in [5.41, 5.74) is 6.48. The molecule has 2 rings (SSSR count). The van der Waals surface area contributed by atoms with Crippen LogP contribution in [0.3, 0.4) is 0 Å². The fourth-order valence-electron chi connectivity index (χ4n) is 1.33. The maximum absolute atomic E-state index is 13.3. The fraction of sp³-hybridized carbons (Fsp3) is 0.0833. The lowest BCUT2D eigenvalue weighted by Gasteiger charge is -2.07. The Labute approximate surface area is 103 Å². The van der Waals surface area contributed by atoms with Crippen molar-refractivity contribution in [2.75, 3.05) is 5.73 Å². The van der Waals surface area contributed by atoms with E-state index in [0.29, 0.717) is 11.3 Å². The monoisotopic (exact) mass is 252 g/mol. The van der Waals surface area contributed by atoms with Crippen molar-refractivity contribution in [3.8, 4) is 5.88 Å². The molecule has 0 unspecified atom stereocenters. The summed E-state index contributed by atoms with van der Waals surface area (Å²) in [6, 6.07) is 9.42. The summed E-state index contributed by atoms with van der Waals surface area (Å²) >= 11 is 5.72. The molecule has 1 heterocycles. The minimum Gasteiger partial charge on any atom is -0.473 e. The third-order valence-electron chi connectivity index (χ3n) is 2.13. The lowest BCUT2D eigenvalue weighted by Crippen LogP contribution is -2.00. The average molecular weight is 253 g/mol. The first kappa shape index (κ1) is 11.7. The minimum absolute atomic E-state index is 0.0828. The van der Waals surface area contributed by atoms with Crippen LogP contribution in [0.15, 0.2) is 36.4 Å². The van der Waals surface area contributed by atoms with Crippen LogP contribution in [0.2, 0.25) is 5.15 Å². The van der Waals surface area contributed by atoms with Crippen molar-refractivity contribution in [1.82, 2.24) is 4.98 Å². The first-order chi connectivity index (χ1) is 8.15. The van der Waals surface area contributed by atoms with Crippen LogP contribution < -0.4 is 10.5 Å². The number of hydrogen-bond acceptors (Lipinski definition) is 3. The number of nitrogens with zero attached hydrogens (tertiary/aromatic N) is 1. The molecule has 0 aliphatic rings. The lowest BCUT2D eigenvalue weighted by molar-refractivity contribution is 0.288. The molecule has 0 amide bonds. The van der Waals surface area contributed by atoms with Crippen molar-refractivity contribution in [2.24, 2.45) is 0 Å². The van der Waals surface area contributed by atoms with E-state index in [9.17, 15) is 4.39 Å². The SMILES string of the molecule is Nc1cc(Cl)nc(OCc2ccccc2F)c1. The third-order valence-corrected chi connectivity index (χ3v) is 2.32. The zero-order chi connectivity index (χ0) is 12.3. The molecule has 0 aliphatic carbocycles. The Morgan fingerprint density at radius 1 is 1.29 bits per heavy atom. The van der Waals surface area contributed by atoms with E-state index in [1.54, 1.807) is 18.2 Å². The maximum Gasteiger partial charge on any atom is 0.217 e. The molecule has 5 heteroatoms. The molecule has 0 aliphatic heterocycles. The number of nitrogens with two attached hydrogens (primary N) is 1. The van der Waals surface area contributed by atoms with Crippen LogP contribution >= 0.6 is 11.6 Å². The number of nitrogen functional groups attached to an aromatic ring is 1. The second-order valence-corrected chi connectivity index (χ2v) is 3.83. The number of halogens is 2. The van der Waals surface area contributed by atoms with Crippen molar-refractivity contribution < 1.29 is 9.13 Å².